The van der Waals surface area contributed by atoms with E-state index in [2.05, 4.69) is 49.4 Å². The first kappa shape index (κ1) is 18.4. The van der Waals surface area contributed by atoms with Crippen LogP contribution in [0, 0.1) is 0 Å². The molecule has 0 bridgehead atoms. The van der Waals surface area contributed by atoms with Crippen LogP contribution in [-0.4, -0.2) is 40.9 Å². The van der Waals surface area contributed by atoms with Crippen molar-refractivity contribution in [2.24, 2.45) is 0 Å². The first-order chi connectivity index (χ1) is 14.3. The van der Waals surface area contributed by atoms with Gasteiger partial charge < -0.3 is 19.9 Å². The van der Waals surface area contributed by atoms with Crippen molar-refractivity contribution in [3.8, 4) is 5.75 Å². The molecule has 0 amide bonds. The standard InChI is InChI=1S/C21H27N7O/c1-29-18-5-3-2-4-15(18)17-12-19(27-26-17)24-20-13-23-16-8-11-28(21(16)25-20)14-6-9-22-10-7-14/h2-5,8,11,13-14,17,19,22,26-27H,6-7,9-10,12H2,1H3,(H,24,25). The third-order valence-corrected chi connectivity index (χ3v) is 5.86. The molecular formula is C21H27N7O. The summed E-state index contributed by atoms with van der Waals surface area (Å²) in [6, 6.07) is 10.8. The number of rotatable bonds is 5. The Labute approximate surface area is 170 Å². The number of aromatic nitrogens is 3. The molecule has 4 N–H and O–H groups in total. The number of benzene rings is 1. The number of hydrogen-bond acceptors (Lipinski definition) is 7. The van der Waals surface area contributed by atoms with Gasteiger partial charge in [-0.3, -0.25) is 0 Å². The van der Waals surface area contributed by atoms with Gasteiger partial charge in [0.15, 0.2) is 5.65 Å². The second kappa shape index (κ2) is 7.98. The van der Waals surface area contributed by atoms with Crippen molar-refractivity contribution in [3.63, 3.8) is 0 Å². The number of hydrogen-bond donors (Lipinski definition) is 4. The minimum Gasteiger partial charge on any atom is -0.496 e. The lowest BCUT2D eigenvalue weighted by Gasteiger charge is -2.24. The van der Waals surface area contributed by atoms with E-state index in [1.54, 1.807) is 7.11 Å². The van der Waals surface area contributed by atoms with Crippen LogP contribution in [-0.2, 0) is 0 Å². The zero-order valence-corrected chi connectivity index (χ0v) is 16.6. The quantitative estimate of drug-likeness (QED) is 0.529. The summed E-state index contributed by atoms with van der Waals surface area (Å²) >= 11 is 0. The van der Waals surface area contributed by atoms with Crippen molar-refractivity contribution in [2.75, 3.05) is 25.5 Å². The molecule has 2 aromatic heterocycles. The summed E-state index contributed by atoms with van der Waals surface area (Å²) in [5.41, 5.74) is 9.73. The van der Waals surface area contributed by atoms with Crippen LogP contribution in [0.1, 0.15) is 36.9 Å². The van der Waals surface area contributed by atoms with Gasteiger partial charge in [0.25, 0.3) is 0 Å². The molecule has 0 aliphatic carbocycles. The van der Waals surface area contributed by atoms with Gasteiger partial charge in [0.2, 0.25) is 0 Å². The lowest BCUT2D eigenvalue weighted by Crippen LogP contribution is -2.36. The Balaban J connectivity index is 1.32. The van der Waals surface area contributed by atoms with Crippen LogP contribution in [0.4, 0.5) is 5.82 Å². The maximum Gasteiger partial charge on any atom is 0.161 e. The average Bonchev–Trinajstić information content (AvgIpc) is 3.41. The molecule has 8 heteroatoms. The van der Waals surface area contributed by atoms with Gasteiger partial charge in [0.05, 0.1) is 25.5 Å². The molecule has 1 aromatic carbocycles. The van der Waals surface area contributed by atoms with Gasteiger partial charge in [0.1, 0.15) is 17.1 Å². The van der Waals surface area contributed by atoms with Gasteiger partial charge in [-0.25, -0.2) is 20.8 Å². The molecular weight excluding hydrogens is 366 g/mol. The fourth-order valence-electron chi connectivity index (χ4n) is 4.35. The lowest BCUT2D eigenvalue weighted by molar-refractivity contribution is 0.375. The van der Waals surface area contributed by atoms with Gasteiger partial charge in [0, 0.05) is 24.2 Å². The fraction of sp³-hybridized carbons (Fsp3) is 0.429. The zero-order valence-electron chi connectivity index (χ0n) is 16.6. The van der Waals surface area contributed by atoms with Crippen molar-refractivity contribution >= 4 is 17.0 Å². The number of anilines is 1. The first-order valence-electron chi connectivity index (χ1n) is 10.3. The molecule has 0 radical (unpaired) electrons. The van der Waals surface area contributed by atoms with Gasteiger partial charge in [-0.05, 0) is 38.1 Å². The van der Waals surface area contributed by atoms with Gasteiger partial charge in [-0.1, -0.05) is 18.2 Å². The minimum atomic E-state index is 0.0546. The Hall–Kier alpha value is -2.68. The number of nitrogens with zero attached hydrogens (tertiary/aromatic N) is 3. The fourth-order valence-corrected chi connectivity index (χ4v) is 4.35. The molecule has 0 saturated carbocycles. The molecule has 2 fully saturated rings. The Morgan fingerprint density at radius 2 is 2.00 bits per heavy atom. The molecule has 2 aliphatic heterocycles. The second-order valence-corrected chi connectivity index (χ2v) is 7.68. The van der Waals surface area contributed by atoms with Crippen LogP contribution >= 0.6 is 0 Å². The predicted molar refractivity (Wildman–Crippen MR) is 113 cm³/mol. The topological polar surface area (TPSA) is 88.1 Å². The van der Waals surface area contributed by atoms with Crippen LogP contribution in [0.5, 0.6) is 5.75 Å². The van der Waals surface area contributed by atoms with Crippen LogP contribution < -0.4 is 26.2 Å². The highest BCUT2D eigenvalue weighted by molar-refractivity contribution is 5.73. The Bertz CT molecular complexity index is 982. The van der Waals surface area contributed by atoms with E-state index < -0.39 is 0 Å². The highest BCUT2D eigenvalue weighted by atomic mass is 16.5. The SMILES string of the molecule is COc1ccccc1C1CC(Nc2cnc3ccn(C4CCNCC4)c3n2)NN1. The van der Waals surface area contributed by atoms with Crippen molar-refractivity contribution < 1.29 is 4.74 Å². The van der Waals surface area contributed by atoms with E-state index in [4.69, 9.17) is 9.72 Å². The molecule has 29 heavy (non-hydrogen) atoms. The zero-order chi connectivity index (χ0) is 19.6. The molecule has 3 aromatic rings. The number of methoxy groups -OCH3 is 1. The largest absolute Gasteiger partial charge is 0.496 e. The number of para-hydroxylation sites is 1. The summed E-state index contributed by atoms with van der Waals surface area (Å²) in [4.78, 5) is 9.50. The van der Waals surface area contributed by atoms with E-state index in [0.717, 1.165) is 60.6 Å². The van der Waals surface area contributed by atoms with E-state index in [0.29, 0.717) is 6.04 Å². The highest BCUT2D eigenvalue weighted by Gasteiger charge is 2.27. The number of fused-ring (bicyclic) bond motifs is 1. The van der Waals surface area contributed by atoms with Crippen LogP contribution in [0.25, 0.3) is 11.2 Å². The first-order valence-corrected chi connectivity index (χ1v) is 10.3. The molecule has 8 nitrogen and oxygen atoms in total. The van der Waals surface area contributed by atoms with Crippen LogP contribution in [0.2, 0.25) is 0 Å². The average molecular weight is 393 g/mol. The Morgan fingerprint density at radius 3 is 2.86 bits per heavy atom. The molecule has 2 aliphatic rings. The molecule has 2 unspecified atom stereocenters. The van der Waals surface area contributed by atoms with E-state index in [9.17, 15) is 0 Å². The third kappa shape index (κ3) is 3.66. The van der Waals surface area contributed by atoms with Gasteiger partial charge >= 0.3 is 0 Å². The second-order valence-electron chi connectivity index (χ2n) is 7.68. The van der Waals surface area contributed by atoms with Crippen molar-refractivity contribution in [1.82, 2.24) is 30.7 Å². The molecule has 2 atom stereocenters. The number of nitrogens with one attached hydrogen (secondary N) is 4. The highest BCUT2D eigenvalue weighted by Crippen LogP contribution is 2.30. The minimum absolute atomic E-state index is 0.0546. The smallest absolute Gasteiger partial charge is 0.161 e. The Kier molecular flexibility index (Phi) is 5.05. The number of hydrazine groups is 1. The normalized spacial score (nSPS) is 22.8. The maximum atomic E-state index is 5.50. The molecule has 5 rings (SSSR count). The van der Waals surface area contributed by atoms with E-state index in [1.807, 2.05) is 24.4 Å². The molecule has 2 saturated heterocycles. The van der Waals surface area contributed by atoms with E-state index in [-0.39, 0.29) is 12.2 Å². The third-order valence-electron chi connectivity index (χ3n) is 5.86. The predicted octanol–water partition coefficient (Wildman–Crippen LogP) is 2.34. The molecule has 152 valence electrons. The number of piperidine rings is 1. The summed E-state index contributed by atoms with van der Waals surface area (Å²) in [7, 11) is 1.71. The monoisotopic (exact) mass is 393 g/mol. The summed E-state index contributed by atoms with van der Waals surface area (Å²) in [5, 5.41) is 6.90. The Morgan fingerprint density at radius 1 is 1.14 bits per heavy atom. The summed E-state index contributed by atoms with van der Waals surface area (Å²) in [6.07, 6.45) is 7.11. The summed E-state index contributed by atoms with van der Waals surface area (Å²) in [5.74, 6) is 1.68. The van der Waals surface area contributed by atoms with E-state index in [1.165, 1.54) is 0 Å². The van der Waals surface area contributed by atoms with Crippen molar-refractivity contribution in [3.05, 3.63) is 48.3 Å². The van der Waals surface area contributed by atoms with E-state index >= 15 is 0 Å². The van der Waals surface area contributed by atoms with Crippen LogP contribution in [0.15, 0.2) is 42.7 Å². The maximum absolute atomic E-state index is 5.50. The summed E-state index contributed by atoms with van der Waals surface area (Å²) in [6.45, 7) is 2.11. The number of ether oxygens (including phenoxy) is 1. The van der Waals surface area contributed by atoms with Crippen molar-refractivity contribution in [2.45, 2.75) is 37.5 Å². The van der Waals surface area contributed by atoms with Crippen molar-refractivity contribution in [1.29, 1.82) is 0 Å². The molecule has 0 spiro atoms. The van der Waals surface area contributed by atoms with Gasteiger partial charge in [-0.15, -0.1) is 0 Å². The van der Waals surface area contributed by atoms with Crippen LogP contribution in [0.3, 0.4) is 0 Å². The molecule has 4 heterocycles. The lowest BCUT2D eigenvalue weighted by atomic mass is 10.0. The van der Waals surface area contributed by atoms with Gasteiger partial charge in [-0.2, -0.15) is 0 Å². The summed E-state index contributed by atoms with van der Waals surface area (Å²) < 4.78 is 7.79.